The third-order valence-corrected chi connectivity index (χ3v) is 3.54. The lowest BCUT2D eigenvalue weighted by Crippen LogP contribution is -2.11. The van der Waals surface area contributed by atoms with Crippen molar-refractivity contribution in [3.8, 4) is 0 Å². The van der Waals surface area contributed by atoms with Crippen LogP contribution >= 0.6 is 0 Å². The van der Waals surface area contributed by atoms with Gasteiger partial charge in [-0.15, -0.1) is 0 Å². The van der Waals surface area contributed by atoms with Crippen LogP contribution in [0.3, 0.4) is 0 Å². The van der Waals surface area contributed by atoms with Gasteiger partial charge in [-0.1, -0.05) is 39.0 Å². The SMILES string of the molecule is C/C=C/OS(=O)(=O)c1ccc(C(C)(C)C)cc1. The molecule has 0 aliphatic heterocycles. The van der Waals surface area contributed by atoms with Crippen molar-refractivity contribution in [1.82, 2.24) is 0 Å². The van der Waals surface area contributed by atoms with E-state index in [0.717, 1.165) is 11.8 Å². The zero-order valence-corrected chi connectivity index (χ0v) is 11.4. The van der Waals surface area contributed by atoms with Gasteiger partial charge >= 0.3 is 10.1 Å². The highest BCUT2D eigenvalue weighted by molar-refractivity contribution is 7.86. The molecule has 0 heterocycles. The molecule has 1 aromatic carbocycles. The number of hydrogen-bond donors (Lipinski definition) is 0. The molecule has 0 N–H and O–H groups in total. The summed E-state index contributed by atoms with van der Waals surface area (Å²) in [4.78, 5) is 0.170. The minimum Gasteiger partial charge on any atom is -0.387 e. The van der Waals surface area contributed by atoms with Crippen LogP contribution in [0.2, 0.25) is 0 Å². The smallest absolute Gasteiger partial charge is 0.338 e. The van der Waals surface area contributed by atoms with Gasteiger partial charge in [-0.2, -0.15) is 8.42 Å². The molecule has 94 valence electrons. The monoisotopic (exact) mass is 254 g/mol. The molecule has 4 heteroatoms. The average Bonchev–Trinajstić information content (AvgIpc) is 2.25. The summed E-state index contributed by atoms with van der Waals surface area (Å²) < 4.78 is 28.0. The number of allylic oxidation sites excluding steroid dienone is 1. The van der Waals surface area contributed by atoms with E-state index < -0.39 is 10.1 Å². The van der Waals surface area contributed by atoms with E-state index in [4.69, 9.17) is 0 Å². The first-order valence-corrected chi connectivity index (χ1v) is 6.83. The van der Waals surface area contributed by atoms with Crippen LogP contribution in [0, 0.1) is 0 Å². The lowest BCUT2D eigenvalue weighted by Gasteiger charge is -2.18. The maximum Gasteiger partial charge on any atom is 0.338 e. The first kappa shape index (κ1) is 13.8. The summed E-state index contributed by atoms with van der Waals surface area (Å²) >= 11 is 0. The van der Waals surface area contributed by atoms with E-state index in [1.807, 2.05) is 12.1 Å². The van der Waals surface area contributed by atoms with Crippen LogP contribution in [0.15, 0.2) is 41.5 Å². The molecule has 0 aliphatic rings. The Kier molecular flexibility index (Phi) is 3.98. The van der Waals surface area contributed by atoms with Crippen molar-refractivity contribution in [3.05, 3.63) is 42.2 Å². The van der Waals surface area contributed by atoms with Crippen molar-refractivity contribution in [2.24, 2.45) is 0 Å². The molecular formula is C13H18O3S. The van der Waals surface area contributed by atoms with Crippen molar-refractivity contribution in [3.63, 3.8) is 0 Å². The first-order chi connectivity index (χ1) is 7.77. The van der Waals surface area contributed by atoms with E-state index in [2.05, 4.69) is 25.0 Å². The van der Waals surface area contributed by atoms with Gasteiger partial charge in [0.25, 0.3) is 0 Å². The zero-order valence-electron chi connectivity index (χ0n) is 10.6. The molecule has 0 amide bonds. The quantitative estimate of drug-likeness (QED) is 0.614. The highest BCUT2D eigenvalue weighted by Crippen LogP contribution is 2.23. The Hall–Kier alpha value is -1.29. The maximum atomic E-state index is 11.7. The lowest BCUT2D eigenvalue weighted by molar-refractivity contribution is 0.442. The third-order valence-electron chi connectivity index (χ3n) is 2.33. The van der Waals surface area contributed by atoms with Crippen molar-refractivity contribution in [2.75, 3.05) is 0 Å². The van der Waals surface area contributed by atoms with E-state index in [9.17, 15) is 8.42 Å². The summed E-state index contributed by atoms with van der Waals surface area (Å²) in [5.74, 6) is 0. The first-order valence-electron chi connectivity index (χ1n) is 5.42. The minimum absolute atomic E-state index is 0.00642. The van der Waals surface area contributed by atoms with Crippen LogP contribution in [0.5, 0.6) is 0 Å². The summed E-state index contributed by atoms with van der Waals surface area (Å²) in [6, 6.07) is 6.76. The minimum atomic E-state index is -3.67. The molecule has 0 aliphatic carbocycles. The zero-order chi connectivity index (χ0) is 13.1. The molecule has 0 saturated heterocycles. The second-order valence-electron chi connectivity index (χ2n) is 4.79. The van der Waals surface area contributed by atoms with Crippen LogP contribution < -0.4 is 0 Å². The largest absolute Gasteiger partial charge is 0.387 e. The van der Waals surface area contributed by atoms with Gasteiger partial charge in [0, 0.05) is 0 Å². The molecule has 0 fully saturated rings. The molecule has 0 saturated carbocycles. The van der Waals surface area contributed by atoms with Gasteiger partial charge in [-0.25, -0.2) is 0 Å². The Labute approximate surface area is 103 Å². The molecule has 0 atom stereocenters. The molecule has 0 spiro atoms. The van der Waals surface area contributed by atoms with Crippen molar-refractivity contribution in [2.45, 2.75) is 38.0 Å². The summed E-state index contributed by atoms with van der Waals surface area (Å²) in [7, 11) is -3.67. The van der Waals surface area contributed by atoms with Gasteiger partial charge in [0.15, 0.2) is 0 Å². The Bertz CT molecular complexity index is 490. The fourth-order valence-corrected chi connectivity index (χ4v) is 2.14. The van der Waals surface area contributed by atoms with E-state index in [0.29, 0.717) is 0 Å². The van der Waals surface area contributed by atoms with Gasteiger partial charge in [0.1, 0.15) is 11.2 Å². The second kappa shape index (κ2) is 4.92. The molecule has 1 aromatic rings. The second-order valence-corrected chi connectivity index (χ2v) is 6.37. The van der Waals surface area contributed by atoms with Crippen LogP contribution in [0.25, 0.3) is 0 Å². The Morgan fingerprint density at radius 2 is 1.65 bits per heavy atom. The van der Waals surface area contributed by atoms with Crippen LogP contribution in [-0.4, -0.2) is 8.42 Å². The standard InChI is InChI=1S/C13H18O3S/c1-5-10-16-17(14,15)12-8-6-11(7-9-12)13(2,3)4/h5-10H,1-4H3/b10-5+. The van der Waals surface area contributed by atoms with Gasteiger partial charge < -0.3 is 4.18 Å². The molecule has 0 radical (unpaired) electrons. The molecule has 3 nitrogen and oxygen atoms in total. The Morgan fingerprint density at radius 3 is 2.06 bits per heavy atom. The van der Waals surface area contributed by atoms with Gasteiger partial charge in [0.2, 0.25) is 0 Å². The molecule has 1 rings (SSSR count). The highest BCUT2D eigenvalue weighted by atomic mass is 32.2. The van der Waals surface area contributed by atoms with Crippen molar-refractivity contribution < 1.29 is 12.6 Å². The van der Waals surface area contributed by atoms with Crippen molar-refractivity contribution in [1.29, 1.82) is 0 Å². The Morgan fingerprint density at radius 1 is 1.12 bits per heavy atom. The molecule has 17 heavy (non-hydrogen) atoms. The summed E-state index contributed by atoms with van der Waals surface area (Å²) in [6.07, 6.45) is 2.69. The van der Waals surface area contributed by atoms with E-state index in [1.165, 1.54) is 6.08 Å². The summed E-state index contributed by atoms with van der Waals surface area (Å²) in [5.41, 5.74) is 1.09. The summed E-state index contributed by atoms with van der Waals surface area (Å²) in [5, 5.41) is 0. The number of benzene rings is 1. The Balaban J connectivity index is 3.03. The van der Waals surface area contributed by atoms with Crippen LogP contribution in [0.1, 0.15) is 33.3 Å². The maximum absolute atomic E-state index is 11.7. The molecule has 0 unspecified atom stereocenters. The number of hydrogen-bond acceptors (Lipinski definition) is 3. The van der Waals surface area contributed by atoms with Crippen LogP contribution in [0.4, 0.5) is 0 Å². The molecular weight excluding hydrogens is 236 g/mol. The number of rotatable bonds is 3. The van der Waals surface area contributed by atoms with Crippen molar-refractivity contribution >= 4 is 10.1 Å². The molecule has 0 aromatic heterocycles. The van der Waals surface area contributed by atoms with Gasteiger partial charge in [-0.3, -0.25) is 0 Å². The van der Waals surface area contributed by atoms with E-state index in [-0.39, 0.29) is 10.3 Å². The predicted molar refractivity (Wildman–Crippen MR) is 68.2 cm³/mol. The van der Waals surface area contributed by atoms with Gasteiger partial charge in [0.05, 0.1) is 0 Å². The lowest BCUT2D eigenvalue weighted by atomic mass is 9.87. The summed E-state index contributed by atoms with van der Waals surface area (Å²) in [6.45, 7) is 7.92. The predicted octanol–water partition coefficient (Wildman–Crippen LogP) is 3.22. The van der Waals surface area contributed by atoms with Gasteiger partial charge in [-0.05, 0) is 30.0 Å². The van der Waals surface area contributed by atoms with Crippen LogP contribution in [-0.2, 0) is 19.7 Å². The highest BCUT2D eigenvalue weighted by Gasteiger charge is 2.17. The normalized spacial score (nSPS) is 12.9. The fraction of sp³-hybridized carbons (Fsp3) is 0.385. The fourth-order valence-electron chi connectivity index (χ4n) is 1.31. The third kappa shape index (κ3) is 3.60. The van der Waals surface area contributed by atoms with E-state index >= 15 is 0 Å². The van der Waals surface area contributed by atoms with E-state index in [1.54, 1.807) is 19.1 Å². The topological polar surface area (TPSA) is 43.4 Å². The molecule has 0 bridgehead atoms. The average molecular weight is 254 g/mol.